The van der Waals surface area contributed by atoms with Crippen LogP contribution in [0.2, 0.25) is 0 Å². The zero-order chi connectivity index (χ0) is 13.7. The van der Waals surface area contributed by atoms with E-state index in [1.165, 1.54) is 6.07 Å². The van der Waals surface area contributed by atoms with E-state index in [0.717, 1.165) is 0 Å². The number of carbonyl (C=O) groups excluding carboxylic acids is 1. The smallest absolute Gasteiger partial charge is 0.320 e. The van der Waals surface area contributed by atoms with E-state index in [2.05, 4.69) is 5.32 Å². The van der Waals surface area contributed by atoms with Gasteiger partial charge in [-0.05, 0) is 12.1 Å². The van der Waals surface area contributed by atoms with Gasteiger partial charge in [-0.2, -0.15) is 0 Å². The quantitative estimate of drug-likeness (QED) is 0.377. The fourth-order valence-electron chi connectivity index (χ4n) is 2.20. The van der Waals surface area contributed by atoms with Gasteiger partial charge in [-0.15, -0.1) is 0 Å². The number of hydrogen-bond donors (Lipinski definition) is 3. The summed E-state index contributed by atoms with van der Waals surface area (Å²) in [6.45, 7) is 0. The van der Waals surface area contributed by atoms with Crippen molar-refractivity contribution < 1.29 is 81.4 Å². The summed E-state index contributed by atoms with van der Waals surface area (Å²) in [7, 11) is 0. The summed E-state index contributed by atoms with van der Waals surface area (Å²) >= 11 is -4.68. The predicted octanol–water partition coefficient (Wildman–Crippen LogP) is -4.43. The molecule has 1 heterocycles. The van der Waals surface area contributed by atoms with Crippen LogP contribution in [-0.4, -0.2) is 23.4 Å². The summed E-state index contributed by atoms with van der Waals surface area (Å²) in [4.78, 5) is 11.7. The van der Waals surface area contributed by atoms with Crippen LogP contribution < -0.4 is 64.4 Å². The molecule has 10 heteroatoms. The Balaban J connectivity index is 0.00000110. The van der Waals surface area contributed by atoms with Crippen molar-refractivity contribution in [2.75, 3.05) is 5.32 Å². The minimum atomic E-state index is -2.37. The van der Waals surface area contributed by atoms with Crippen LogP contribution in [0.4, 0.5) is 5.69 Å². The molecule has 0 saturated carbocycles. The van der Waals surface area contributed by atoms with Crippen LogP contribution in [0.3, 0.4) is 0 Å². The van der Waals surface area contributed by atoms with Crippen molar-refractivity contribution in [3.63, 3.8) is 0 Å². The first-order valence-corrected chi connectivity index (χ1v) is 7.35. The maximum Gasteiger partial charge on any atom is 1.00 e. The fourth-order valence-corrected chi connectivity index (χ4v) is 3.39. The van der Waals surface area contributed by atoms with Crippen molar-refractivity contribution in [2.45, 2.75) is 9.79 Å². The molecular formula is C11H7NNa2O5S2+2. The molecule has 0 bridgehead atoms. The minimum absolute atomic E-state index is 0. The first-order valence-electron chi connectivity index (χ1n) is 5.13. The molecule has 0 aliphatic carbocycles. The van der Waals surface area contributed by atoms with Crippen molar-refractivity contribution >= 4 is 44.5 Å². The Morgan fingerprint density at radius 1 is 1.00 bits per heavy atom. The first kappa shape index (κ1) is 19.4. The van der Waals surface area contributed by atoms with Crippen LogP contribution in [0.1, 0.15) is 10.4 Å². The summed E-state index contributed by atoms with van der Waals surface area (Å²) < 4.78 is 41.2. The maximum atomic E-state index is 11.8. The summed E-state index contributed by atoms with van der Waals surface area (Å²) in [6, 6.07) is 5.91. The molecule has 2 aromatic rings. The zero-order valence-electron chi connectivity index (χ0n) is 11.2. The summed E-state index contributed by atoms with van der Waals surface area (Å²) in [5.74, 6) is -0.395. The van der Waals surface area contributed by atoms with Gasteiger partial charge in [0.05, 0.1) is 15.5 Å². The third kappa shape index (κ3) is 3.20. The van der Waals surface area contributed by atoms with Gasteiger partial charge in [0.25, 0.3) is 5.91 Å². The van der Waals surface area contributed by atoms with Crippen molar-refractivity contribution in [3.05, 3.63) is 29.8 Å². The maximum absolute atomic E-state index is 11.8. The standard InChI is InChI=1S/C11H7NO5S2.2Na/c13-11-6-3-1-2-5-7(18(14)15)4-8(19(16)17)10(12-11)9(5)6;;/h1-4H,(H,12,13)(H,14,15)(H,16,17);;/q;2*+1. The molecule has 21 heavy (non-hydrogen) atoms. The van der Waals surface area contributed by atoms with Gasteiger partial charge >= 0.3 is 59.1 Å². The number of amides is 1. The van der Waals surface area contributed by atoms with Gasteiger partial charge < -0.3 is 14.4 Å². The number of carbonyl (C=O) groups is 1. The summed E-state index contributed by atoms with van der Waals surface area (Å²) in [5.41, 5.74) is 0.553. The van der Waals surface area contributed by atoms with E-state index in [9.17, 15) is 22.3 Å². The zero-order valence-corrected chi connectivity index (χ0v) is 16.9. The molecule has 0 spiro atoms. The van der Waals surface area contributed by atoms with E-state index < -0.39 is 28.1 Å². The summed E-state index contributed by atoms with van der Waals surface area (Å²) in [6.07, 6.45) is 0. The van der Waals surface area contributed by atoms with E-state index >= 15 is 0 Å². The summed E-state index contributed by atoms with van der Waals surface area (Å²) in [5, 5.41) is 3.34. The molecule has 0 fully saturated rings. The van der Waals surface area contributed by atoms with E-state index in [4.69, 9.17) is 0 Å². The first-order chi connectivity index (χ1) is 9.00. The molecule has 0 saturated heterocycles. The van der Waals surface area contributed by atoms with E-state index in [0.29, 0.717) is 16.3 Å². The van der Waals surface area contributed by atoms with Gasteiger partial charge in [0, 0.05) is 16.3 Å². The molecule has 1 aliphatic heterocycles. The van der Waals surface area contributed by atoms with Crippen LogP contribution in [0.15, 0.2) is 34.1 Å². The SMILES string of the molecule is O=C1Nc2c(S(=O)O)cc(S(=O)O)c3cccc1c23.[Na+].[Na+]. The topological polar surface area (TPSA) is 104 Å². The molecule has 3 rings (SSSR count). The second kappa shape index (κ2) is 7.31. The Hall–Kier alpha value is 0.390. The average molecular weight is 343 g/mol. The normalized spacial score (nSPS) is 14.9. The monoisotopic (exact) mass is 343 g/mol. The van der Waals surface area contributed by atoms with Crippen molar-refractivity contribution in [3.8, 4) is 0 Å². The van der Waals surface area contributed by atoms with Crippen LogP contribution in [0.25, 0.3) is 10.8 Å². The molecule has 1 aliphatic rings. The van der Waals surface area contributed by atoms with E-state index in [-0.39, 0.29) is 74.6 Å². The molecule has 6 nitrogen and oxygen atoms in total. The van der Waals surface area contributed by atoms with Gasteiger partial charge in [0.15, 0.2) is 22.2 Å². The largest absolute Gasteiger partial charge is 1.00 e. The van der Waals surface area contributed by atoms with Gasteiger partial charge in [-0.25, -0.2) is 8.42 Å². The second-order valence-electron chi connectivity index (χ2n) is 3.93. The van der Waals surface area contributed by atoms with Gasteiger partial charge in [-0.1, -0.05) is 12.1 Å². The van der Waals surface area contributed by atoms with Crippen LogP contribution in [-0.2, 0) is 22.2 Å². The van der Waals surface area contributed by atoms with Crippen LogP contribution >= 0.6 is 0 Å². The molecule has 0 aromatic heterocycles. The van der Waals surface area contributed by atoms with Crippen molar-refractivity contribution in [2.24, 2.45) is 0 Å². The Bertz CT molecular complexity index is 796. The van der Waals surface area contributed by atoms with Gasteiger partial charge in [0.2, 0.25) is 0 Å². The number of benzene rings is 2. The molecule has 2 atom stereocenters. The fraction of sp³-hybridized carbons (Fsp3) is 0. The predicted molar refractivity (Wildman–Crippen MR) is 70.0 cm³/mol. The number of anilines is 1. The molecular weight excluding hydrogens is 336 g/mol. The van der Waals surface area contributed by atoms with Crippen LogP contribution in [0.5, 0.6) is 0 Å². The van der Waals surface area contributed by atoms with Crippen molar-refractivity contribution in [1.82, 2.24) is 0 Å². The Labute approximate surface area is 169 Å². The number of nitrogens with one attached hydrogen (secondary N) is 1. The third-order valence-corrected chi connectivity index (χ3v) is 4.36. The van der Waals surface area contributed by atoms with Gasteiger partial charge in [0.1, 0.15) is 0 Å². The minimum Gasteiger partial charge on any atom is -0.320 e. The van der Waals surface area contributed by atoms with E-state index in [1.54, 1.807) is 18.2 Å². The van der Waals surface area contributed by atoms with Crippen LogP contribution in [0, 0.1) is 0 Å². The van der Waals surface area contributed by atoms with Crippen molar-refractivity contribution in [1.29, 1.82) is 0 Å². The average Bonchev–Trinajstić information content (AvgIpc) is 2.68. The number of rotatable bonds is 2. The molecule has 3 N–H and O–H groups in total. The molecule has 98 valence electrons. The Kier molecular flexibility index (Phi) is 6.76. The molecule has 2 unspecified atom stereocenters. The number of hydrogen-bond acceptors (Lipinski definition) is 3. The van der Waals surface area contributed by atoms with E-state index in [1.807, 2.05) is 0 Å². The third-order valence-electron chi connectivity index (χ3n) is 2.95. The Morgan fingerprint density at radius 2 is 1.62 bits per heavy atom. The van der Waals surface area contributed by atoms with Gasteiger partial charge in [-0.3, -0.25) is 4.79 Å². The second-order valence-corrected chi connectivity index (χ2v) is 5.80. The molecule has 0 radical (unpaired) electrons. The molecule has 1 amide bonds. The Morgan fingerprint density at radius 3 is 2.19 bits per heavy atom. The molecule has 2 aromatic carbocycles.